The smallest absolute Gasteiger partial charge is 0.0962 e. The Labute approximate surface area is 115 Å². The zero-order chi connectivity index (χ0) is 13.0. The lowest BCUT2D eigenvalue weighted by molar-refractivity contribution is 0.191. The van der Waals surface area contributed by atoms with Crippen molar-refractivity contribution in [3.63, 3.8) is 0 Å². The van der Waals surface area contributed by atoms with Gasteiger partial charge in [0.2, 0.25) is 0 Å². The van der Waals surface area contributed by atoms with Crippen LogP contribution in [0.15, 0.2) is 53.0 Å². The molecule has 2 aromatic carbocycles. The number of nitrogens with two attached hydrogens (primary N) is 1. The molecule has 0 saturated carbocycles. The van der Waals surface area contributed by atoms with Gasteiger partial charge < -0.3 is 16.2 Å². The van der Waals surface area contributed by atoms with E-state index in [0.717, 1.165) is 15.7 Å². The first-order chi connectivity index (χ1) is 8.66. The summed E-state index contributed by atoms with van der Waals surface area (Å²) < 4.78 is 0.952. The Balaban J connectivity index is 2.01. The lowest BCUT2D eigenvalue weighted by Gasteiger charge is -2.14. The lowest BCUT2D eigenvalue weighted by atomic mass is 10.1. The molecule has 0 aromatic heterocycles. The van der Waals surface area contributed by atoms with Crippen molar-refractivity contribution < 1.29 is 5.11 Å². The number of hydrogen-bond donors (Lipinski definition) is 3. The first-order valence-electron chi connectivity index (χ1n) is 5.69. The van der Waals surface area contributed by atoms with E-state index in [-0.39, 0.29) is 0 Å². The first-order valence-corrected chi connectivity index (χ1v) is 6.48. The number of hydrogen-bond acceptors (Lipinski definition) is 3. The van der Waals surface area contributed by atoms with Gasteiger partial charge in [0.1, 0.15) is 0 Å². The summed E-state index contributed by atoms with van der Waals surface area (Å²) in [6.45, 7) is 0.421. The Morgan fingerprint density at radius 3 is 2.61 bits per heavy atom. The van der Waals surface area contributed by atoms with Gasteiger partial charge in [0.15, 0.2) is 0 Å². The predicted molar refractivity (Wildman–Crippen MR) is 78.4 cm³/mol. The molecule has 1 unspecified atom stereocenters. The van der Waals surface area contributed by atoms with E-state index in [1.165, 1.54) is 0 Å². The number of aliphatic hydroxyl groups excluding tert-OH is 1. The SMILES string of the molecule is Nc1ccc(Br)cc1NCC(O)c1ccccc1. The predicted octanol–water partition coefficient (Wildman–Crippen LogP) is 3.18. The van der Waals surface area contributed by atoms with Gasteiger partial charge in [0.05, 0.1) is 17.5 Å². The number of nitrogen functional groups attached to an aromatic ring is 1. The van der Waals surface area contributed by atoms with Crippen molar-refractivity contribution in [1.82, 2.24) is 0 Å². The van der Waals surface area contributed by atoms with Crippen LogP contribution < -0.4 is 11.1 Å². The summed E-state index contributed by atoms with van der Waals surface area (Å²) in [5.74, 6) is 0. The van der Waals surface area contributed by atoms with Crippen LogP contribution in [0.5, 0.6) is 0 Å². The van der Waals surface area contributed by atoms with Crippen molar-refractivity contribution in [3.8, 4) is 0 Å². The van der Waals surface area contributed by atoms with Gasteiger partial charge in [-0.25, -0.2) is 0 Å². The quantitative estimate of drug-likeness (QED) is 0.760. The molecule has 4 N–H and O–H groups in total. The molecule has 0 amide bonds. The fraction of sp³-hybridized carbons (Fsp3) is 0.143. The number of nitrogens with one attached hydrogen (secondary N) is 1. The zero-order valence-electron chi connectivity index (χ0n) is 9.81. The van der Waals surface area contributed by atoms with E-state index in [0.29, 0.717) is 12.2 Å². The van der Waals surface area contributed by atoms with Crippen LogP contribution in [0.1, 0.15) is 11.7 Å². The van der Waals surface area contributed by atoms with E-state index >= 15 is 0 Å². The Morgan fingerprint density at radius 2 is 1.89 bits per heavy atom. The van der Waals surface area contributed by atoms with Gasteiger partial charge in [-0.3, -0.25) is 0 Å². The maximum absolute atomic E-state index is 10.0. The molecule has 94 valence electrons. The van der Waals surface area contributed by atoms with Crippen molar-refractivity contribution in [2.75, 3.05) is 17.6 Å². The maximum Gasteiger partial charge on any atom is 0.0962 e. The van der Waals surface area contributed by atoms with Gasteiger partial charge in [-0.2, -0.15) is 0 Å². The van der Waals surface area contributed by atoms with E-state index < -0.39 is 6.10 Å². The monoisotopic (exact) mass is 306 g/mol. The van der Waals surface area contributed by atoms with Crippen molar-refractivity contribution in [2.45, 2.75) is 6.10 Å². The first kappa shape index (κ1) is 12.9. The van der Waals surface area contributed by atoms with Gasteiger partial charge in [-0.15, -0.1) is 0 Å². The molecule has 1 atom stereocenters. The van der Waals surface area contributed by atoms with E-state index in [4.69, 9.17) is 5.73 Å². The summed E-state index contributed by atoms with van der Waals surface area (Å²) in [6, 6.07) is 15.1. The van der Waals surface area contributed by atoms with Crippen LogP contribution in [0, 0.1) is 0 Å². The standard InChI is InChI=1S/C14H15BrN2O/c15-11-6-7-12(16)13(8-11)17-9-14(18)10-4-2-1-3-5-10/h1-8,14,17-18H,9,16H2. The molecule has 0 radical (unpaired) electrons. The van der Waals surface area contributed by atoms with Crippen molar-refractivity contribution >= 4 is 27.3 Å². The van der Waals surface area contributed by atoms with Gasteiger partial charge in [-0.05, 0) is 23.8 Å². The fourth-order valence-corrected chi connectivity index (χ4v) is 2.04. The van der Waals surface area contributed by atoms with Gasteiger partial charge in [-0.1, -0.05) is 46.3 Å². The summed E-state index contributed by atoms with van der Waals surface area (Å²) in [6.07, 6.45) is -0.551. The van der Waals surface area contributed by atoms with E-state index in [1.54, 1.807) is 0 Å². The molecule has 0 bridgehead atoms. The number of rotatable bonds is 4. The Hall–Kier alpha value is -1.52. The highest BCUT2D eigenvalue weighted by Crippen LogP contribution is 2.24. The van der Waals surface area contributed by atoms with Crippen LogP contribution >= 0.6 is 15.9 Å². The molecule has 0 aliphatic carbocycles. The number of aliphatic hydroxyl groups is 1. The number of benzene rings is 2. The minimum Gasteiger partial charge on any atom is -0.397 e. The Morgan fingerprint density at radius 1 is 1.17 bits per heavy atom. The average Bonchev–Trinajstić information content (AvgIpc) is 2.40. The van der Waals surface area contributed by atoms with E-state index in [1.807, 2.05) is 48.5 Å². The molecule has 3 nitrogen and oxygen atoms in total. The molecule has 0 saturated heterocycles. The molecule has 0 spiro atoms. The highest BCUT2D eigenvalue weighted by molar-refractivity contribution is 9.10. The fourth-order valence-electron chi connectivity index (χ4n) is 1.68. The Bertz CT molecular complexity index is 516. The highest BCUT2D eigenvalue weighted by Gasteiger charge is 2.07. The number of anilines is 2. The molecule has 18 heavy (non-hydrogen) atoms. The molecule has 0 fully saturated rings. The summed E-state index contributed by atoms with van der Waals surface area (Å²) >= 11 is 3.39. The van der Waals surface area contributed by atoms with Crippen molar-refractivity contribution in [2.24, 2.45) is 0 Å². The summed E-state index contributed by atoms with van der Waals surface area (Å²) in [5.41, 5.74) is 8.22. The molecule has 0 heterocycles. The third-order valence-corrected chi connectivity index (χ3v) is 3.18. The largest absolute Gasteiger partial charge is 0.397 e. The van der Waals surface area contributed by atoms with Gasteiger partial charge in [0, 0.05) is 11.0 Å². The summed E-state index contributed by atoms with van der Waals surface area (Å²) in [5, 5.41) is 13.2. The second-order valence-corrected chi connectivity index (χ2v) is 4.95. The molecule has 0 aliphatic heterocycles. The molecule has 2 aromatic rings. The second-order valence-electron chi connectivity index (χ2n) is 4.04. The maximum atomic E-state index is 10.0. The Kier molecular flexibility index (Phi) is 4.23. The van der Waals surface area contributed by atoms with E-state index in [9.17, 15) is 5.11 Å². The van der Waals surface area contributed by atoms with Crippen LogP contribution in [0.2, 0.25) is 0 Å². The van der Waals surface area contributed by atoms with Crippen LogP contribution in [0.4, 0.5) is 11.4 Å². The summed E-state index contributed by atoms with van der Waals surface area (Å²) in [7, 11) is 0. The molecule has 2 rings (SSSR count). The third kappa shape index (κ3) is 3.24. The minimum absolute atomic E-state index is 0.421. The van der Waals surface area contributed by atoms with Crippen molar-refractivity contribution in [1.29, 1.82) is 0 Å². The van der Waals surface area contributed by atoms with Gasteiger partial charge >= 0.3 is 0 Å². The van der Waals surface area contributed by atoms with Crippen LogP contribution in [-0.4, -0.2) is 11.7 Å². The normalized spacial score (nSPS) is 12.1. The van der Waals surface area contributed by atoms with Crippen LogP contribution in [0.25, 0.3) is 0 Å². The molecular formula is C14H15BrN2O. The molecule has 0 aliphatic rings. The highest BCUT2D eigenvalue weighted by atomic mass is 79.9. The topological polar surface area (TPSA) is 58.3 Å². The summed E-state index contributed by atoms with van der Waals surface area (Å²) in [4.78, 5) is 0. The molecular weight excluding hydrogens is 292 g/mol. The van der Waals surface area contributed by atoms with E-state index in [2.05, 4.69) is 21.2 Å². The zero-order valence-corrected chi connectivity index (χ0v) is 11.4. The van der Waals surface area contributed by atoms with Crippen molar-refractivity contribution in [3.05, 3.63) is 58.6 Å². The third-order valence-electron chi connectivity index (χ3n) is 2.69. The van der Waals surface area contributed by atoms with Gasteiger partial charge in [0.25, 0.3) is 0 Å². The lowest BCUT2D eigenvalue weighted by Crippen LogP contribution is -2.13. The van der Waals surface area contributed by atoms with Crippen LogP contribution in [0.3, 0.4) is 0 Å². The van der Waals surface area contributed by atoms with Crippen LogP contribution in [-0.2, 0) is 0 Å². The minimum atomic E-state index is -0.551. The average molecular weight is 307 g/mol. The number of halogens is 1. The second kappa shape index (κ2) is 5.89. The molecule has 4 heteroatoms.